The van der Waals surface area contributed by atoms with Crippen LogP contribution in [0.25, 0.3) is 0 Å². The van der Waals surface area contributed by atoms with Gasteiger partial charge in [0.15, 0.2) is 22.5 Å². The molecule has 0 bridgehead atoms. The van der Waals surface area contributed by atoms with Gasteiger partial charge in [-0.05, 0) is 18.6 Å². The fraction of sp³-hybridized carbons (Fsp3) is 0.375. The molecule has 1 aromatic heterocycles. The number of hydrogen-bond acceptors (Lipinski definition) is 4. The fourth-order valence-corrected chi connectivity index (χ4v) is 2.71. The molecule has 22 heavy (non-hydrogen) atoms. The molecule has 1 unspecified atom stereocenters. The largest absolute Gasteiger partial charge is 0.483 e. The highest BCUT2D eigenvalue weighted by Crippen LogP contribution is 2.25. The summed E-state index contributed by atoms with van der Waals surface area (Å²) in [6.45, 7) is 8.81. The summed E-state index contributed by atoms with van der Waals surface area (Å²) < 4.78 is 21.0. The minimum atomic E-state index is -0.383. The number of nitrogens with zero attached hydrogens (tertiary/aromatic N) is 3. The number of hydrogen-bond donors (Lipinski definition) is 0. The standard InChI is InChI=1S/C16H20FN3OS/c1-4-10-20-15(18-19-16(20)22-12(3)5-2)11-21-14-9-7-6-8-13(14)17/h4,6-9,12H,1,5,10-11H2,2-3H3. The first-order chi connectivity index (χ1) is 10.7. The van der Waals surface area contributed by atoms with Crippen LogP contribution in [0, 0.1) is 5.82 Å². The molecule has 0 saturated heterocycles. The number of halogens is 1. The number of benzene rings is 1. The van der Waals surface area contributed by atoms with Gasteiger partial charge < -0.3 is 4.74 Å². The van der Waals surface area contributed by atoms with Crippen LogP contribution < -0.4 is 4.74 Å². The topological polar surface area (TPSA) is 39.9 Å². The molecule has 1 atom stereocenters. The molecule has 118 valence electrons. The van der Waals surface area contributed by atoms with Crippen LogP contribution in [0.1, 0.15) is 26.1 Å². The van der Waals surface area contributed by atoms with Crippen molar-refractivity contribution in [3.05, 3.63) is 48.6 Å². The second-order valence-electron chi connectivity index (χ2n) is 4.85. The lowest BCUT2D eigenvalue weighted by molar-refractivity contribution is 0.275. The molecule has 4 nitrogen and oxygen atoms in total. The van der Waals surface area contributed by atoms with Gasteiger partial charge in [-0.3, -0.25) is 4.57 Å². The van der Waals surface area contributed by atoms with Crippen LogP contribution in [-0.2, 0) is 13.2 Å². The van der Waals surface area contributed by atoms with Crippen molar-refractivity contribution in [1.82, 2.24) is 14.8 Å². The highest BCUT2D eigenvalue weighted by molar-refractivity contribution is 7.99. The number of allylic oxidation sites excluding steroid dienone is 1. The van der Waals surface area contributed by atoms with E-state index in [1.165, 1.54) is 6.07 Å². The Morgan fingerprint density at radius 2 is 2.18 bits per heavy atom. The Hall–Kier alpha value is -1.82. The normalized spacial score (nSPS) is 12.1. The molecular weight excluding hydrogens is 301 g/mol. The quantitative estimate of drug-likeness (QED) is 0.543. The lowest BCUT2D eigenvalue weighted by Crippen LogP contribution is -2.09. The number of thioether (sulfide) groups is 1. The third-order valence-electron chi connectivity index (χ3n) is 3.18. The predicted octanol–water partition coefficient (Wildman–Crippen LogP) is 4.07. The Labute approximate surface area is 134 Å². The monoisotopic (exact) mass is 321 g/mol. The number of rotatable bonds is 8. The molecule has 1 heterocycles. The van der Waals surface area contributed by atoms with Crippen molar-refractivity contribution in [2.45, 2.75) is 43.8 Å². The summed E-state index contributed by atoms with van der Waals surface area (Å²) in [6.07, 6.45) is 2.84. The first-order valence-electron chi connectivity index (χ1n) is 7.22. The molecule has 1 aromatic carbocycles. The van der Waals surface area contributed by atoms with Crippen molar-refractivity contribution in [2.24, 2.45) is 0 Å². The van der Waals surface area contributed by atoms with Crippen molar-refractivity contribution in [2.75, 3.05) is 0 Å². The number of ether oxygens (including phenoxy) is 1. The highest BCUT2D eigenvalue weighted by Gasteiger charge is 2.15. The first kappa shape index (κ1) is 16.5. The van der Waals surface area contributed by atoms with Gasteiger partial charge in [-0.1, -0.05) is 43.8 Å². The third-order valence-corrected chi connectivity index (χ3v) is 4.43. The number of para-hydroxylation sites is 1. The Bertz CT molecular complexity index is 630. The number of aromatic nitrogens is 3. The van der Waals surface area contributed by atoms with Gasteiger partial charge >= 0.3 is 0 Å². The van der Waals surface area contributed by atoms with Gasteiger partial charge in [-0.15, -0.1) is 16.8 Å². The van der Waals surface area contributed by atoms with Crippen LogP contribution in [0.2, 0.25) is 0 Å². The summed E-state index contributed by atoms with van der Waals surface area (Å²) in [6, 6.07) is 6.33. The predicted molar refractivity (Wildman–Crippen MR) is 86.6 cm³/mol. The van der Waals surface area contributed by atoms with Gasteiger partial charge in [0.1, 0.15) is 6.61 Å². The van der Waals surface area contributed by atoms with Crippen molar-refractivity contribution >= 4 is 11.8 Å². The SMILES string of the molecule is C=CCn1c(COc2ccccc2F)nnc1SC(C)CC. The second kappa shape index (κ2) is 7.98. The molecule has 2 aromatic rings. The summed E-state index contributed by atoms with van der Waals surface area (Å²) in [4.78, 5) is 0. The maximum absolute atomic E-state index is 13.6. The summed E-state index contributed by atoms with van der Waals surface area (Å²) in [7, 11) is 0. The van der Waals surface area contributed by atoms with Crippen LogP contribution >= 0.6 is 11.8 Å². The van der Waals surface area contributed by atoms with E-state index >= 15 is 0 Å². The van der Waals surface area contributed by atoms with E-state index in [-0.39, 0.29) is 18.2 Å². The summed E-state index contributed by atoms with van der Waals surface area (Å²) in [5.74, 6) is 0.493. The van der Waals surface area contributed by atoms with Crippen molar-refractivity contribution in [3.63, 3.8) is 0 Å². The molecule has 0 saturated carbocycles. The molecule has 6 heteroatoms. The van der Waals surface area contributed by atoms with Gasteiger partial charge in [-0.2, -0.15) is 0 Å². The highest BCUT2D eigenvalue weighted by atomic mass is 32.2. The minimum Gasteiger partial charge on any atom is -0.483 e. The lowest BCUT2D eigenvalue weighted by atomic mass is 10.3. The van der Waals surface area contributed by atoms with Gasteiger partial charge in [0.05, 0.1) is 0 Å². The van der Waals surface area contributed by atoms with Crippen molar-refractivity contribution < 1.29 is 9.13 Å². The summed E-state index contributed by atoms with van der Waals surface area (Å²) in [5, 5.41) is 9.66. The van der Waals surface area contributed by atoms with Gasteiger partial charge in [0.25, 0.3) is 0 Å². The third kappa shape index (κ3) is 4.10. The Balaban J connectivity index is 2.13. The Morgan fingerprint density at radius 1 is 1.41 bits per heavy atom. The molecule has 0 amide bonds. The van der Waals surface area contributed by atoms with Gasteiger partial charge in [0.2, 0.25) is 0 Å². The lowest BCUT2D eigenvalue weighted by Gasteiger charge is -2.11. The van der Waals surface area contributed by atoms with E-state index in [2.05, 4.69) is 30.6 Å². The van der Waals surface area contributed by atoms with Gasteiger partial charge in [-0.25, -0.2) is 4.39 Å². The zero-order valence-corrected chi connectivity index (χ0v) is 13.6. The van der Waals surface area contributed by atoms with Crippen LogP contribution in [-0.4, -0.2) is 20.0 Å². The molecular formula is C16H20FN3OS. The molecule has 0 fully saturated rings. The Kier molecular flexibility index (Phi) is 6.00. The van der Waals surface area contributed by atoms with E-state index in [0.717, 1.165) is 11.6 Å². The van der Waals surface area contributed by atoms with E-state index in [0.29, 0.717) is 17.6 Å². The zero-order chi connectivity index (χ0) is 15.9. The van der Waals surface area contributed by atoms with E-state index in [9.17, 15) is 4.39 Å². The molecule has 0 N–H and O–H groups in total. The Morgan fingerprint density at radius 3 is 2.86 bits per heavy atom. The van der Waals surface area contributed by atoms with Crippen LogP contribution in [0.15, 0.2) is 42.1 Å². The fourth-order valence-electron chi connectivity index (χ4n) is 1.79. The smallest absolute Gasteiger partial charge is 0.191 e. The van der Waals surface area contributed by atoms with Crippen molar-refractivity contribution in [3.8, 4) is 5.75 Å². The van der Waals surface area contributed by atoms with Crippen LogP contribution in [0.3, 0.4) is 0 Å². The van der Waals surface area contributed by atoms with Gasteiger partial charge in [0, 0.05) is 11.8 Å². The molecule has 0 aliphatic heterocycles. The summed E-state index contributed by atoms with van der Waals surface area (Å²) >= 11 is 1.67. The minimum absolute atomic E-state index is 0.169. The first-order valence-corrected chi connectivity index (χ1v) is 8.10. The van der Waals surface area contributed by atoms with E-state index in [1.54, 1.807) is 36.0 Å². The van der Waals surface area contributed by atoms with Crippen molar-refractivity contribution in [1.29, 1.82) is 0 Å². The maximum atomic E-state index is 13.6. The molecule has 0 aliphatic rings. The van der Waals surface area contributed by atoms with E-state index < -0.39 is 0 Å². The average molecular weight is 321 g/mol. The molecule has 2 rings (SSSR count). The zero-order valence-electron chi connectivity index (χ0n) is 12.8. The second-order valence-corrected chi connectivity index (χ2v) is 6.26. The molecule has 0 aliphatic carbocycles. The summed E-state index contributed by atoms with van der Waals surface area (Å²) in [5.41, 5.74) is 0. The van der Waals surface area contributed by atoms with E-state index in [1.807, 2.05) is 4.57 Å². The molecule has 0 radical (unpaired) electrons. The maximum Gasteiger partial charge on any atom is 0.191 e. The van der Waals surface area contributed by atoms with Crippen LogP contribution in [0.4, 0.5) is 4.39 Å². The average Bonchev–Trinajstić information content (AvgIpc) is 2.89. The van der Waals surface area contributed by atoms with E-state index in [4.69, 9.17) is 4.74 Å². The van der Waals surface area contributed by atoms with Crippen LogP contribution in [0.5, 0.6) is 5.75 Å². The molecule has 0 spiro atoms.